The van der Waals surface area contributed by atoms with Gasteiger partial charge in [0.05, 0.1) is 11.4 Å². The van der Waals surface area contributed by atoms with Crippen LogP contribution in [-0.4, -0.2) is 15.9 Å². The van der Waals surface area contributed by atoms with E-state index in [9.17, 15) is 9.59 Å². The number of hydrogen-bond acceptors (Lipinski definition) is 4. The van der Waals surface area contributed by atoms with Crippen molar-refractivity contribution in [3.63, 3.8) is 0 Å². The van der Waals surface area contributed by atoms with Crippen LogP contribution in [0.25, 0.3) is 10.2 Å². The Hall–Kier alpha value is -2.47. The number of aromatic amines is 1. The standard InChI is InChI=1S/C22H25N3O2S/c1-2-7-16(14-8-4-3-5-9-14)23-19(26)13-12-18-24-21(27)20-15-10-6-11-17(15)28-22(20)25-18/h3-5,8-9,16H,2,6-7,10-13H2,1H3,(H,23,26)(H,24,25,27)/t16-/m0/s1. The molecule has 1 amide bonds. The molecule has 2 heterocycles. The SMILES string of the molecule is CCC[C@H](NC(=O)CCc1nc2sc3c(c2c(=O)[nH]1)CCC3)c1ccccc1. The number of amides is 1. The van der Waals surface area contributed by atoms with E-state index >= 15 is 0 Å². The maximum Gasteiger partial charge on any atom is 0.259 e. The van der Waals surface area contributed by atoms with E-state index in [1.807, 2.05) is 30.3 Å². The summed E-state index contributed by atoms with van der Waals surface area (Å²) >= 11 is 1.63. The normalized spacial score (nSPS) is 14.2. The number of aryl methyl sites for hydroxylation is 3. The van der Waals surface area contributed by atoms with Crippen molar-refractivity contribution in [3.05, 3.63) is 62.5 Å². The van der Waals surface area contributed by atoms with E-state index in [2.05, 4.69) is 22.2 Å². The van der Waals surface area contributed by atoms with Gasteiger partial charge in [-0.05, 0) is 36.8 Å². The summed E-state index contributed by atoms with van der Waals surface area (Å²) in [5, 5.41) is 3.89. The van der Waals surface area contributed by atoms with Gasteiger partial charge in [-0.25, -0.2) is 4.98 Å². The summed E-state index contributed by atoms with van der Waals surface area (Å²) in [6.07, 6.45) is 5.79. The lowest BCUT2D eigenvalue weighted by Crippen LogP contribution is -2.29. The molecular formula is C22H25N3O2S. The highest BCUT2D eigenvalue weighted by atomic mass is 32.1. The molecule has 0 unspecified atom stereocenters. The summed E-state index contributed by atoms with van der Waals surface area (Å²) in [6, 6.07) is 10.1. The van der Waals surface area contributed by atoms with Crippen LogP contribution >= 0.6 is 11.3 Å². The third kappa shape index (κ3) is 3.87. The number of thiophene rings is 1. The van der Waals surface area contributed by atoms with Crippen LogP contribution in [0.5, 0.6) is 0 Å². The van der Waals surface area contributed by atoms with E-state index in [1.165, 1.54) is 10.4 Å². The molecule has 0 spiro atoms. The van der Waals surface area contributed by atoms with Crippen molar-refractivity contribution >= 4 is 27.5 Å². The molecule has 0 bridgehead atoms. The van der Waals surface area contributed by atoms with E-state index < -0.39 is 0 Å². The van der Waals surface area contributed by atoms with Gasteiger partial charge in [0.15, 0.2) is 0 Å². The zero-order valence-corrected chi connectivity index (χ0v) is 16.9. The lowest BCUT2D eigenvalue weighted by molar-refractivity contribution is -0.121. The molecule has 4 rings (SSSR count). The van der Waals surface area contributed by atoms with Crippen molar-refractivity contribution in [2.45, 2.75) is 57.9 Å². The first-order chi connectivity index (χ1) is 13.7. The average Bonchev–Trinajstić information content (AvgIpc) is 3.27. The number of benzene rings is 1. The van der Waals surface area contributed by atoms with Gasteiger partial charge in [-0.2, -0.15) is 0 Å². The topological polar surface area (TPSA) is 74.8 Å². The van der Waals surface area contributed by atoms with E-state index in [1.54, 1.807) is 11.3 Å². The second-order valence-corrected chi connectivity index (χ2v) is 8.45. The summed E-state index contributed by atoms with van der Waals surface area (Å²) in [6.45, 7) is 2.12. The monoisotopic (exact) mass is 395 g/mol. The molecule has 2 N–H and O–H groups in total. The van der Waals surface area contributed by atoms with E-state index in [-0.39, 0.29) is 17.5 Å². The molecule has 0 radical (unpaired) electrons. The highest BCUT2D eigenvalue weighted by Gasteiger charge is 2.21. The molecule has 0 aliphatic heterocycles. The van der Waals surface area contributed by atoms with Crippen LogP contribution in [0.2, 0.25) is 0 Å². The molecule has 1 aliphatic carbocycles. The van der Waals surface area contributed by atoms with Gasteiger partial charge in [0.2, 0.25) is 5.91 Å². The number of aromatic nitrogens is 2. The van der Waals surface area contributed by atoms with Gasteiger partial charge < -0.3 is 10.3 Å². The van der Waals surface area contributed by atoms with Gasteiger partial charge in [0.25, 0.3) is 5.56 Å². The summed E-state index contributed by atoms with van der Waals surface area (Å²) in [7, 11) is 0. The Kier molecular flexibility index (Phi) is 5.57. The Bertz CT molecular complexity index is 1040. The highest BCUT2D eigenvalue weighted by molar-refractivity contribution is 7.18. The minimum absolute atomic E-state index is 0.0151. The van der Waals surface area contributed by atoms with Gasteiger partial charge in [-0.3, -0.25) is 9.59 Å². The quantitative estimate of drug-likeness (QED) is 0.633. The van der Waals surface area contributed by atoms with Crippen molar-refractivity contribution in [1.29, 1.82) is 0 Å². The first-order valence-corrected chi connectivity index (χ1v) is 10.8. The fourth-order valence-electron chi connectivity index (χ4n) is 3.96. The van der Waals surface area contributed by atoms with E-state index in [4.69, 9.17) is 0 Å². The van der Waals surface area contributed by atoms with Crippen LogP contribution in [-0.2, 0) is 24.1 Å². The fourth-order valence-corrected chi connectivity index (χ4v) is 5.24. The number of fused-ring (bicyclic) bond motifs is 3. The lowest BCUT2D eigenvalue weighted by atomic mass is 10.0. The predicted molar refractivity (Wildman–Crippen MR) is 113 cm³/mol. The molecule has 0 saturated carbocycles. The average molecular weight is 396 g/mol. The van der Waals surface area contributed by atoms with Gasteiger partial charge in [0, 0.05) is 17.7 Å². The van der Waals surface area contributed by atoms with Crippen LogP contribution in [0.15, 0.2) is 35.1 Å². The largest absolute Gasteiger partial charge is 0.349 e. The Labute approximate surface area is 168 Å². The fraction of sp³-hybridized carbons (Fsp3) is 0.409. The molecule has 2 aromatic heterocycles. The number of nitrogens with zero attached hydrogens (tertiary/aromatic N) is 1. The Morgan fingerprint density at radius 3 is 2.89 bits per heavy atom. The van der Waals surface area contributed by atoms with Crippen LogP contribution in [0.3, 0.4) is 0 Å². The summed E-state index contributed by atoms with van der Waals surface area (Å²) in [5.74, 6) is 0.582. The second kappa shape index (κ2) is 8.27. The van der Waals surface area contributed by atoms with Gasteiger partial charge in [-0.15, -0.1) is 11.3 Å². The second-order valence-electron chi connectivity index (χ2n) is 7.37. The van der Waals surface area contributed by atoms with Crippen molar-refractivity contribution in [1.82, 2.24) is 15.3 Å². The summed E-state index contributed by atoms with van der Waals surface area (Å²) < 4.78 is 0. The first kappa shape index (κ1) is 18.9. The molecule has 28 heavy (non-hydrogen) atoms. The molecule has 146 valence electrons. The molecule has 1 aliphatic rings. The zero-order chi connectivity index (χ0) is 19.5. The first-order valence-electron chi connectivity index (χ1n) is 10.0. The highest BCUT2D eigenvalue weighted by Crippen LogP contribution is 2.34. The van der Waals surface area contributed by atoms with Crippen LogP contribution in [0, 0.1) is 0 Å². The third-order valence-corrected chi connectivity index (χ3v) is 6.51. The zero-order valence-electron chi connectivity index (χ0n) is 16.1. The molecule has 6 heteroatoms. The Morgan fingerprint density at radius 2 is 2.11 bits per heavy atom. The predicted octanol–water partition coefficient (Wildman–Crippen LogP) is 4.06. The number of carbonyl (C=O) groups excluding carboxylic acids is 1. The van der Waals surface area contributed by atoms with Crippen LogP contribution in [0.1, 0.15) is 60.5 Å². The lowest BCUT2D eigenvalue weighted by Gasteiger charge is -2.18. The molecule has 0 saturated heterocycles. The summed E-state index contributed by atoms with van der Waals surface area (Å²) in [5.41, 5.74) is 2.25. The number of carbonyl (C=O) groups is 1. The van der Waals surface area contributed by atoms with Crippen LogP contribution < -0.4 is 10.9 Å². The minimum Gasteiger partial charge on any atom is -0.349 e. The maximum absolute atomic E-state index is 12.5. The molecule has 0 fully saturated rings. The van der Waals surface area contributed by atoms with Crippen molar-refractivity contribution in [2.24, 2.45) is 0 Å². The number of hydrogen-bond donors (Lipinski definition) is 2. The number of rotatable bonds is 7. The molecule has 1 atom stereocenters. The van der Waals surface area contributed by atoms with Gasteiger partial charge >= 0.3 is 0 Å². The number of nitrogens with one attached hydrogen (secondary N) is 2. The Morgan fingerprint density at radius 1 is 1.29 bits per heavy atom. The van der Waals surface area contributed by atoms with Crippen LogP contribution in [0.4, 0.5) is 0 Å². The van der Waals surface area contributed by atoms with E-state index in [0.29, 0.717) is 18.7 Å². The number of H-pyrrole nitrogens is 1. The maximum atomic E-state index is 12.5. The molecule has 5 nitrogen and oxygen atoms in total. The Balaban J connectivity index is 1.44. The smallest absolute Gasteiger partial charge is 0.259 e. The van der Waals surface area contributed by atoms with Crippen molar-refractivity contribution in [3.8, 4) is 0 Å². The molecule has 1 aromatic carbocycles. The van der Waals surface area contributed by atoms with Crippen molar-refractivity contribution < 1.29 is 4.79 Å². The third-order valence-electron chi connectivity index (χ3n) is 5.33. The molecular weight excluding hydrogens is 370 g/mol. The molecule has 3 aromatic rings. The van der Waals surface area contributed by atoms with E-state index in [0.717, 1.165) is 47.9 Å². The van der Waals surface area contributed by atoms with Crippen molar-refractivity contribution in [2.75, 3.05) is 0 Å². The van der Waals surface area contributed by atoms with Gasteiger partial charge in [0.1, 0.15) is 10.7 Å². The minimum atomic E-state index is -0.0621. The van der Waals surface area contributed by atoms with Gasteiger partial charge in [-0.1, -0.05) is 43.7 Å². The summed E-state index contributed by atoms with van der Waals surface area (Å²) in [4.78, 5) is 34.7.